The molecule has 0 spiro atoms. The van der Waals surface area contributed by atoms with Gasteiger partial charge in [0.25, 0.3) is 0 Å². The van der Waals surface area contributed by atoms with Crippen molar-refractivity contribution in [3.05, 3.63) is 87.6 Å². The van der Waals surface area contributed by atoms with Crippen molar-refractivity contribution in [3.8, 4) is 17.0 Å². The first-order valence-electron chi connectivity index (χ1n) is 26.4. The number of amides is 4. The van der Waals surface area contributed by atoms with Crippen molar-refractivity contribution in [2.45, 2.75) is 113 Å². The standard InChI is InChI=1S/C56H62FN7O9S/c1-69-55(67)60-50(32-13-19-71-20-14-32)52(65)62-17-3-5-43(62)40-25-37(29-58-40)34-9-10-42-36(23-34)27-45-49-39(57)24-35(28-46(49)73-54(64(42)45)48-12-11-47(74-48)31-7-8-31)38-26-41(59-30-38)44-6-4-18-63(44)53(66)51(61-56(68)70-2)33-15-21-72-22-16-33/h9-12,23-24,27-33,43-44,50-51,54H,3-8,13-22,25-26H2,1-2H3,(H,60,67)(H,61,68)/t43-,44-,50-,51-,54?/m0/s1. The average Bonchev–Trinajstić information content (AvgIpc) is 4.17. The number of nitrogens with one attached hydrogen (secondary N) is 2. The number of hydrogen-bond acceptors (Lipinski definition) is 12. The number of allylic oxidation sites excluding steroid dienone is 2. The molecular formula is C56H62FN7O9S. The number of rotatable bonds is 12. The Morgan fingerprint density at radius 1 is 0.689 bits per heavy atom. The summed E-state index contributed by atoms with van der Waals surface area (Å²) in [7, 11) is 2.61. The topological polar surface area (TPSA) is 175 Å². The van der Waals surface area contributed by atoms with Gasteiger partial charge < -0.3 is 44.1 Å². The molecule has 4 saturated heterocycles. The minimum atomic E-state index is -0.735. The Morgan fingerprint density at radius 2 is 1.26 bits per heavy atom. The van der Waals surface area contributed by atoms with E-state index in [0.717, 1.165) is 75.3 Å². The maximum absolute atomic E-state index is 17.1. The number of aliphatic imine (C=N–C) groups is 2. The van der Waals surface area contributed by atoms with E-state index in [4.69, 9.17) is 33.7 Å². The predicted molar refractivity (Wildman–Crippen MR) is 278 cm³/mol. The fraction of sp³-hybridized carbons (Fsp3) is 0.500. The summed E-state index contributed by atoms with van der Waals surface area (Å²) in [6.07, 6.45) is 11.1. The van der Waals surface area contributed by atoms with Crippen LogP contribution < -0.4 is 15.4 Å². The molecule has 0 bridgehead atoms. The molecule has 1 saturated carbocycles. The maximum atomic E-state index is 17.1. The van der Waals surface area contributed by atoms with Gasteiger partial charge in [0, 0.05) is 86.4 Å². The van der Waals surface area contributed by atoms with Crippen molar-refractivity contribution in [1.82, 2.24) is 25.0 Å². The van der Waals surface area contributed by atoms with Crippen LogP contribution in [0.5, 0.6) is 5.75 Å². The quantitative estimate of drug-likeness (QED) is 0.140. The molecular weight excluding hydrogens is 966 g/mol. The van der Waals surface area contributed by atoms with Gasteiger partial charge in [0.1, 0.15) is 23.7 Å². The van der Waals surface area contributed by atoms with Gasteiger partial charge in [0.2, 0.25) is 18.0 Å². The Labute approximate surface area is 433 Å². The molecule has 4 amide bonds. The number of carbonyl (C=O) groups is 4. The van der Waals surface area contributed by atoms with Gasteiger partial charge in [0.05, 0.1) is 48.0 Å². The lowest BCUT2D eigenvalue weighted by Gasteiger charge is -2.34. The average molecular weight is 1030 g/mol. The predicted octanol–water partition coefficient (Wildman–Crippen LogP) is 8.98. The number of ether oxygens (including phenoxy) is 5. The Bertz CT molecular complexity index is 3020. The number of hydrogen-bond donors (Lipinski definition) is 2. The van der Waals surface area contributed by atoms with E-state index in [2.05, 4.69) is 51.6 Å². The zero-order chi connectivity index (χ0) is 50.6. The third-order valence-corrected chi connectivity index (χ3v) is 17.8. The zero-order valence-corrected chi connectivity index (χ0v) is 42.6. The summed E-state index contributed by atoms with van der Waals surface area (Å²) >= 11 is 1.75. The van der Waals surface area contributed by atoms with Crippen LogP contribution in [0.1, 0.15) is 110 Å². The lowest BCUT2D eigenvalue weighted by Crippen LogP contribution is -2.55. The third-order valence-electron chi connectivity index (χ3n) is 16.5. The van der Waals surface area contributed by atoms with Gasteiger partial charge in [-0.2, -0.15) is 0 Å². The summed E-state index contributed by atoms with van der Waals surface area (Å²) in [5.74, 6) is 0.238. The van der Waals surface area contributed by atoms with Gasteiger partial charge in [-0.3, -0.25) is 24.1 Å². The molecule has 16 nitrogen and oxygen atoms in total. The number of methoxy groups -OCH3 is 2. The van der Waals surface area contributed by atoms with Crippen LogP contribution in [0.2, 0.25) is 0 Å². The molecule has 4 aromatic rings. The van der Waals surface area contributed by atoms with Gasteiger partial charge in [-0.15, -0.1) is 11.3 Å². The molecule has 1 aliphatic carbocycles. The summed E-state index contributed by atoms with van der Waals surface area (Å²) in [5.41, 5.74) is 7.33. The van der Waals surface area contributed by atoms with Crippen molar-refractivity contribution in [2.75, 3.05) is 53.7 Å². The van der Waals surface area contributed by atoms with E-state index in [0.29, 0.717) is 101 Å². The second-order valence-corrected chi connectivity index (χ2v) is 22.0. The number of benzene rings is 2. The molecule has 5 atom stereocenters. The van der Waals surface area contributed by atoms with Crippen molar-refractivity contribution in [2.24, 2.45) is 21.8 Å². The largest absolute Gasteiger partial charge is 0.464 e. The Balaban J connectivity index is 0.796. The minimum Gasteiger partial charge on any atom is -0.464 e. The number of fused-ring (bicyclic) bond motifs is 5. The van der Waals surface area contributed by atoms with Crippen LogP contribution in [0.15, 0.2) is 70.9 Å². The van der Waals surface area contributed by atoms with E-state index in [1.54, 1.807) is 23.6 Å². The molecule has 0 radical (unpaired) electrons. The molecule has 2 aromatic carbocycles. The summed E-state index contributed by atoms with van der Waals surface area (Å²) < 4.78 is 47.2. The molecule has 1 unspecified atom stereocenters. The van der Waals surface area contributed by atoms with Crippen LogP contribution in [-0.2, 0) is 28.5 Å². The van der Waals surface area contributed by atoms with Crippen LogP contribution in [0.25, 0.3) is 33.3 Å². The highest BCUT2D eigenvalue weighted by Crippen LogP contribution is 2.50. The summed E-state index contributed by atoms with van der Waals surface area (Å²) in [6.45, 7) is 3.28. The highest BCUT2D eigenvalue weighted by atomic mass is 32.1. The van der Waals surface area contributed by atoms with Crippen molar-refractivity contribution in [1.29, 1.82) is 0 Å². The van der Waals surface area contributed by atoms with Gasteiger partial charge >= 0.3 is 12.2 Å². The molecule has 2 aromatic heterocycles. The van der Waals surface area contributed by atoms with Crippen LogP contribution in [0.3, 0.4) is 0 Å². The summed E-state index contributed by atoms with van der Waals surface area (Å²) in [6, 6.07) is 14.4. The fourth-order valence-corrected chi connectivity index (χ4v) is 13.6. The Kier molecular flexibility index (Phi) is 13.4. The van der Waals surface area contributed by atoms with Gasteiger partial charge in [-0.1, -0.05) is 6.07 Å². The highest BCUT2D eigenvalue weighted by Gasteiger charge is 2.43. The number of likely N-dealkylation sites (tertiary alicyclic amines) is 2. The smallest absolute Gasteiger partial charge is 0.407 e. The van der Waals surface area contributed by atoms with Crippen molar-refractivity contribution >= 4 is 68.8 Å². The number of thiophene rings is 1. The monoisotopic (exact) mass is 1030 g/mol. The van der Waals surface area contributed by atoms with E-state index in [1.165, 1.54) is 31.9 Å². The second kappa shape index (κ2) is 20.4. The SMILES string of the molecule is COC(=O)N[C@H](C(=O)N1CCC[C@H]1C1=NC=C(c2cc(F)c3c(c2)OC(c2ccc(C4CC4)s2)n2c-3cc3cc(C4=CN=C([C@@H]5CCCN5C(=O)[C@@H](NC(=O)OC)C5CCOCC5)C4)ccc32)C1)C1CCOCC1. The number of halogens is 1. The molecule has 388 valence electrons. The Morgan fingerprint density at radius 3 is 1.82 bits per heavy atom. The molecule has 5 fully saturated rings. The van der Waals surface area contributed by atoms with Crippen LogP contribution >= 0.6 is 11.3 Å². The lowest BCUT2D eigenvalue weighted by molar-refractivity contribution is -0.136. The van der Waals surface area contributed by atoms with Crippen LogP contribution in [0, 0.1) is 17.7 Å². The molecule has 7 aliphatic heterocycles. The molecule has 12 rings (SSSR count). The Hall–Kier alpha value is -6.37. The summed E-state index contributed by atoms with van der Waals surface area (Å²) in [4.78, 5) is 69.4. The number of alkyl carbamates (subject to hydrolysis) is 2. The first kappa shape index (κ1) is 48.6. The van der Waals surface area contributed by atoms with Crippen molar-refractivity contribution < 1.29 is 47.3 Å². The summed E-state index contributed by atoms with van der Waals surface area (Å²) in [5, 5.41) is 6.62. The van der Waals surface area contributed by atoms with Gasteiger partial charge in [0.15, 0.2) is 0 Å². The molecule has 74 heavy (non-hydrogen) atoms. The first-order valence-corrected chi connectivity index (χ1v) is 27.2. The fourth-order valence-electron chi connectivity index (χ4n) is 12.4. The van der Waals surface area contributed by atoms with Crippen molar-refractivity contribution in [3.63, 3.8) is 0 Å². The second-order valence-electron chi connectivity index (χ2n) is 20.9. The molecule has 18 heteroatoms. The van der Waals surface area contributed by atoms with Crippen LogP contribution in [-0.4, -0.2) is 128 Å². The number of carbonyl (C=O) groups excluding carboxylic acids is 4. The number of aromatic nitrogens is 1. The lowest BCUT2D eigenvalue weighted by atomic mass is 9.90. The zero-order valence-electron chi connectivity index (χ0n) is 41.8. The van der Waals surface area contributed by atoms with Gasteiger partial charge in [-0.25, -0.2) is 14.0 Å². The van der Waals surface area contributed by atoms with E-state index in [1.807, 2.05) is 22.1 Å². The normalized spacial score (nSPS) is 23.8. The number of nitrogens with zero attached hydrogens (tertiary/aromatic N) is 5. The van der Waals surface area contributed by atoms with E-state index in [-0.39, 0.29) is 35.7 Å². The molecule has 2 N–H and O–H groups in total. The van der Waals surface area contributed by atoms with Crippen LogP contribution in [0.4, 0.5) is 14.0 Å². The van der Waals surface area contributed by atoms with E-state index < -0.39 is 36.3 Å². The molecule has 9 heterocycles. The molecule has 8 aliphatic rings. The minimum absolute atomic E-state index is 0.0504. The maximum Gasteiger partial charge on any atom is 0.407 e. The highest BCUT2D eigenvalue weighted by molar-refractivity contribution is 7.12. The van der Waals surface area contributed by atoms with Gasteiger partial charge in [-0.05, 0) is 147 Å². The van der Waals surface area contributed by atoms with E-state index >= 15 is 4.39 Å². The first-order chi connectivity index (χ1) is 36.1. The third kappa shape index (κ3) is 9.20. The van der Waals surface area contributed by atoms with E-state index in [9.17, 15) is 19.2 Å².